The van der Waals surface area contributed by atoms with Crippen LogP contribution in [-0.4, -0.2) is 19.9 Å². The van der Waals surface area contributed by atoms with Gasteiger partial charge in [0.05, 0.1) is 12.1 Å². The minimum atomic E-state index is -4.43. The Bertz CT molecular complexity index is 550. The Labute approximate surface area is 107 Å². The van der Waals surface area contributed by atoms with E-state index in [0.717, 1.165) is 12.1 Å². The Hall–Kier alpha value is -1.89. The summed E-state index contributed by atoms with van der Waals surface area (Å²) in [7, 11) is 0. The third-order valence-electron chi connectivity index (χ3n) is 2.75. The molecule has 1 heterocycles. The number of halogens is 3. The first-order valence-electron chi connectivity index (χ1n) is 5.51. The SMILES string of the molecule is CC(O)(Cn1cncn1)c1cccc(C(F)(F)F)c1. The Morgan fingerprint density at radius 1 is 1.26 bits per heavy atom. The summed E-state index contributed by atoms with van der Waals surface area (Å²) in [4.78, 5) is 3.72. The van der Waals surface area contributed by atoms with Crippen LogP contribution in [0.25, 0.3) is 0 Å². The normalized spacial score (nSPS) is 15.2. The molecule has 0 bridgehead atoms. The Kier molecular flexibility index (Phi) is 3.32. The molecule has 102 valence electrons. The number of aliphatic hydroxyl groups is 1. The van der Waals surface area contributed by atoms with Crippen LogP contribution in [0.15, 0.2) is 36.9 Å². The van der Waals surface area contributed by atoms with Crippen molar-refractivity contribution in [3.63, 3.8) is 0 Å². The van der Waals surface area contributed by atoms with E-state index in [1.54, 1.807) is 0 Å². The van der Waals surface area contributed by atoms with E-state index in [1.807, 2.05) is 0 Å². The standard InChI is InChI=1S/C12H12F3N3O/c1-11(19,6-18-8-16-7-17-18)9-3-2-4-10(5-9)12(13,14)15/h2-5,7-8,19H,6H2,1H3. The first-order valence-corrected chi connectivity index (χ1v) is 5.51. The van der Waals surface area contributed by atoms with E-state index in [2.05, 4.69) is 10.1 Å². The number of hydrogen-bond acceptors (Lipinski definition) is 3. The Morgan fingerprint density at radius 2 is 1.95 bits per heavy atom. The van der Waals surface area contributed by atoms with Gasteiger partial charge in [-0.2, -0.15) is 18.3 Å². The van der Waals surface area contributed by atoms with Crippen molar-refractivity contribution in [1.29, 1.82) is 0 Å². The van der Waals surface area contributed by atoms with Crippen LogP contribution in [0.5, 0.6) is 0 Å². The molecule has 2 aromatic rings. The molecular weight excluding hydrogens is 259 g/mol. The van der Waals surface area contributed by atoms with Gasteiger partial charge in [0.25, 0.3) is 0 Å². The lowest BCUT2D eigenvalue weighted by Crippen LogP contribution is -2.28. The molecule has 0 radical (unpaired) electrons. The van der Waals surface area contributed by atoms with Crippen molar-refractivity contribution >= 4 is 0 Å². The first kappa shape index (κ1) is 13.5. The number of nitrogens with zero attached hydrogens (tertiary/aromatic N) is 3. The summed E-state index contributed by atoms with van der Waals surface area (Å²) in [6.45, 7) is 1.46. The highest BCUT2D eigenvalue weighted by Crippen LogP contribution is 2.32. The minimum Gasteiger partial charge on any atom is -0.384 e. The summed E-state index contributed by atoms with van der Waals surface area (Å²) in [5.74, 6) is 0. The summed E-state index contributed by atoms with van der Waals surface area (Å²) in [5, 5.41) is 14.1. The van der Waals surface area contributed by atoms with Gasteiger partial charge in [-0.1, -0.05) is 12.1 Å². The molecule has 0 saturated carbocycles. The van der Waals surface area contributed by atoms with Crippen molar-refractivity contribution in [2.24, 2.45) is 0 Å². The molecular formula is C12H12F3N3O. The maximum atomic E-state index is 12.6. The third-order valence-corrected chi connectivity index (χ3v) is 2.75. The van der Waals surface area contributed by atoms with Crippen LogP contribution in [-0.2, 0) is 18.3 Å². The van der Waals surface area contributed by atoms with E-state index in [-0.39, 0.29) is 12.1 Å². The lowest BCUT2D eigenvalue weighted by atomic mass is 9.94. The van der Waals surface area contributed by atoms with Crippen LogP contribution in [0.4, 0.5) is 13.2 Å². The molecule has 7 heteroatoms. The molecule has 19 heavy (non-hydrogen) atoms. The van der Waals surface area contributed by atoms with Gasteiger partial charge < -0.3 is 5.11 Å². The van der Waals surface area contributed by atoms with Crippen LogP contribution in [0.2, 0.25) is 0 Å². The molecule has 4 nitrogen and oxygen atoms in total. The molecule has 2 rings (SSSR count). The second-order valence-corrected chi connectivity index (χ2v) is 4.45. The highest BCUT2D eigenvalue weighted by atomic mass is 19.4. The molecule has 1 aromatic heterocycles. The van der Waals surface area contributed by atoms with Crippen molar-refractivity contribution in [2.45, 2.75) is 25.2 Å². The van der Waals surface area contributed by atoms with E-state index < -0.39 is 17.3 Å². The summed E-state index contributed by atoms with van der Waals surface area (Å²) in [6, 6.07) is 4.63. The summed E-state index contributed by atoms with van der Waals surface area (Å²) in [6.07, 6.45) is -1.75. The van der Waals surface area contributed by atoms with Crippen molar-refractivity contribution in [3.8, 4) is 0 Å². The third kappa shape index (κ3) is 3.11. The van der Waals surface area contributed by atoms with Gasteiger partial charge in [-0.25, -0.2) is 9.67 Å². The fourth-order valence-corrected chi connectivity index (χ4v) is 1.75. The molecule has 0 saturated heterocycles. The largest absolute Gasteiger partial charge is 0.416 e. The van der Waals surface area contributed by atoms with Crippen molar-refractivity contribution < 1.29 is 18.3 Å². The molecule has 0 fully saturated rings. The fourth-order valence-electron chi connectivity index (χ4n) is 1.75. The monoisotopic (exact) mass is 271 g/mol. The molecule has 0 spiro atoms. The van der Waals surface area contributed by atoms with Crippen molar-refractivity contribution in [2.75, 3.05) is 0 Å². The highest BCUT2D eigenvalue weighted by Gasteiger charge is 2.33. The second kappa shape index (κ2) is 4.65. The lowest BCUT2D eigenvalue weighted by molar-refractivity contribution is -0.137. The Morgan fingerprint density at radius 3 is 2.53 bits per heavy atom. The van der Waals surface area contributed by atoms with Crippen LogP contribution in [0, 0.1) is 0 Å². The summed E-state index contributed by atoms with van der Waals surface area (Å²) >= 11 is 0. The molecule has 0 aliphatic carbocycles. The van der Waals surface area contributed by atoms with Gasteiger partial charge >= 0.3 is 6.18 Å². The maximum Gasteiger partial charge on any atom is 0.416 e. The van der Waals surface area contributed by atoms with Gasteiger partial charge in [0.2, 0.25) is 0 Å². The van der Waals surface area contributed by atoms with Gasteiger partial charge in [0, 0.05) is 0 Å². The van der Waals surface area contributed by atoms with Gasteiger partial charge in [-0.3, -0.25) is 0 Å². The average molecular weight is 271 g/mol. The van der Waals surface area contributed by atoms with Crippen LogP contribution in [0.3, 0.4) is 0 Å². The van der Waals surface area contributed by atoms with E-state index in [1.165, 1.54) is 36.4 Å². The Balaban J connectivity index is 2.30. The predicted octanol–water partition coefficient (Wildman–Crippen LogP) is 2.20. The molecule has 0 aliphatic rings. The van der Waals surface area contributed by atoms with Gasteiger partial charge in [-0.15, -0.1) is 0 Å². The number of aromatic nitrogens is 3. The van der Waals surface area contributed by atoms with Gasteiger partial charge in [-0.05, 0) is 24.6 Å². The van der Waals surface area contributed by atoms with Gasteiger partial charge in [0.1, 0.15) is 18.3 Å². The smallest absolute Gasteiger partial charge is 0.384 e. The molecule has 0 aliphatic heterocycles. The van der Waals surface area contributed by atoms with Crippen LogP contribution >= 0.6 is 0 Å². The first-order chi connectivity index (χ1) is 8.79. The number of alkyl halides is 3. The van der Waals surface area contributed by atoms with Crippen molar-refractivity contribution in [1.82, 2.24) is 14.8 Å². The van der Waals surface area contributed by atoms with E-state index in [4.69, 9.17) is 0 Å². The molecule has 0 amide bonds. The highest BCUT2D eigenvalue weighted by molar-refractivity contribution is 5.29. The zero-order chi connectivity index (χ0) is 14.1. The zero-order valence-electron chi connectivity index (χ0n) is 10.1. The van der Waals surface area contributed by atoms with E-state index >= 15 is 0 Å². The number of benzene rings is 1. The molecule has 1 N–H and O–H groups in total. The summed E-state index contributed by atoms with van der Waals surface area (Å²) in [5.41, 5.74) is -2.07. The lowest BCUT2D eigenvalue weighted by Gasteiger charge is -2.24. The van der Waals surface area contributed by atoms with Crippen LogP contribution in [0.1, 0.15) is 18.1 Å². The predicted molar refractivity (Wildman–Crippen MR) is 61.0 cm³/mol. The zero-order valence-corrected chi connectivity index (χ0v) is 10.1. The van der Waals surface area contributed by atoms with Crippen LogP contribution < -0.4 is 0 Å². The molecule has 1 aromatic carbocycles. The summed E-state index contributed by atoms with van der Waals surface area (Å²) < 4.78 is 39.2. The number of hydrogen-bond donors (Lipinski definition) is 1. The fraction of sp³-hybridized carbons (Fsp3) is 0.333. The average Bonchev–Trinajstić information content (AvgIpc) is 2.80. The molecule has 1 atom stereocenters. The molecule has 1 unspecified atom stereocenters. The minimum absolute atomic E-state index is 0.0221. The van der Waals surface area contributed by atoms with E-state index in [0.29, 0.717) is 0 Å². The topological polar surface area (TPSA) is 50.9 Å². The van der Waals surface area contributed by atoms with Crippen molar-refractivity contribution in [3.05, 3.63) is 48.0 Å². The quantitative estimate of drug-likeness (QED) is 0.931. The van der Waals surface area contributed by atoms with Gasteiger partial charge in [0.15, 0.2) is 0 Å². The van der Waals surface area contributed by atoms with E-state index in [9.17, 15) is 18.3 Å². The second-order valence-electron chi connectivity index (χ2n) is 4.45. The number of rotatable bonds is 3. The maximum absolute atomic E-state index is 12.6.